The van der Waals surface area contributed by atoms with Gasteiger partial charge in [-0.1, -0.05) is 0 Å². The number of likely N-dealkylation sites (tertiary alicyclic amines) is 1. The van der Waals surface area contributed by atoms with Crippen LogP contribution in [0, 0.1) is 11.8 Å². The van der Waals surface area contributed by atoms with Gasteiger partial charge in [-0.2, -0.15) is 0 Å². The Morgan fingerprint density at radius 1 is 1.19 bits per heavy atom. The number of fused-ring (bicyclic) bond motifs is 1. The van der Waals surface area contributed by atoms with Crippen LogP contribution in [0.2, 0.25) is 0 Å². The number of hydrogen-bond acceptors (Lipinski definition) is 4. The Morgan fingerprint density at radius 3 is 2.57 bits per heavy atom. The molecule has 0 aromatic rings. The SMILES string of the molecule is NC(=O)[C@@H]1CCCN1C(=O)CNC(=O)OC1CC2CC2C1. The zero-order valence-corrected chi connectivity index (χ0v) is 11.9. The Hall–Kier alpha value is -1.79. The molecule has 3 aliphatic rings. The van der Waals surface area contributed by atoms with Gasteiger partial charge in [0.1, 0.15) is 18.7 Å². The summed E-state index contributed by atoms with van der Waals surface area (Å²) in [7, 11) is 0. The monoisotopic (exact) mass is 295 g/mol. The van der Waals surface area contributed by atoms with Crippen LogP contribution in [0.25, 0.3) is 0 Å². The number of rotatable bonds is 4. The molecule has 3 atom stereocenters. The third-order valence-corrected chi connectivity index (χ3v) is 4.76. The maximum absolute atomic E-state index is 12.0. The van der Waals surface area contributed by atoms with E-state index in [1.807, 2.05) is 0 Å². The van der Waals surface area contributed by atoms with Gasteiger partial charge in [-0.05, 0) is 43.9 Å². The highest BCUT2D eigenvalue weighted by Crippen LogP contribution is 2.52. The van der Waals surface area contributed by atoms with Gasteiger partial charge in [0.2, 0.25) is 11.8 Å². The first-order valence-electron chi connectivity index (χ1n) is 7.58. The van der Waals surface area contributed by atoms with E-state index in [0.717, 1.165) is 31.1 Å². The summed E-state index contributed by atoms with van der Waals surface area (Å²) in [5.74, 6) is 0.701. The standard InChI is InChI=1S/C14H21N3O4/c15-13(19)11-2-1-3-17(11)12(18)7-16-14(20)21-10-5-8-4-9(8)6-10/h8-11H,1-7H2,(H2,15,19)(H,16,20)/t8?,9?,10?,11-/m0/s1. The van der Waals surface area contributed by atoms with Gasteiger partial charge in [0.05, 0.1) is 0 Å². The lowest BCUT2D eigenvalue weighted by molar-refractivity contribution is -0.136. The van der Waals surface area contributed by atoms with E-state index in [2.05, 4.69) is 5.32 Å². The average Bonchev–Trinajstić information content (AvgIpc) is 2.90. The summed E-state index contributed by atoms with van der Waals surface area (Å²) in [5.41, 5.74) is 5.26. The number of carbonyl (C=O) groups is 3. The Labute approximate surface area is 123 Å². The molecule has 7 heteroatoms. The van der Waals surface area contributed by atoms with E-state index in [1.165, 1.54) is 11.3 Å². The van der Waals surface area contributed by atoms with E-state index in [-0.39, 0.29) is 18.6 Å². The quantitative estimate of drug-likeness (QED) is 0.761. The third-order valence-electron chi connectivity index (χ3n) is 4.76. The molecule has 2 aliphatic carbocycles. The molecular formula is C14H21N3O4. The average molecular weight is 295 g/mol. The Kier molecular flexibility index (Phi) is 3.73. The number of carbonyl (C=O) groups excluding carboxylic acids is 3. The second kappa shape index (κ2) is 5.54. The molecule has 7 nitrogen and oxygen atoms in total. The number of nitrogens with two attached hydrogens (primary N) is 1. The summed E-state index contributed by atoms with van der Waals surface area (Å²) in [6.45, 7) is 0.358. The highest BCUT2D eigenvalue weighted by atomic mass is 16.6. The maximum atomic E-state index is 12.0. The van der Waals surface area contributed by atoms with Crippen LogP contribution >= 0.6 is 0 Å². The van der Waals surface area contributed by atoms with Crippen molar-refractivity contribution in [1.82, 2.24) is 10.2 Å². The highest BCUT2D eigenvalue weighted by molar-refractivity contribution is 5.89. The van der Waals surface area contributed by atoms with E-state index < -0.39 is 18.0 Å². The van der Waals surface area contributed by atoms with Gasteiger partial charge in [-0.25, -0.2) is 4.79 Å². The van der Waals surface area contributed by atoms with E-state index >= 15 is 0 Å². The first-order valence-corrected chi connectivity index (χ1v) is 7.58. The minimum atomic E-state index is -0.551. The van der Waals surface area contributed by atoms with Gasteiger partial charge in [0, 0.05) is 6.54 Å². The van der Waals surface area contributed by atoms with Crippen molar-refractivity contribution in [2.75, 3.05) is 13.1 Å². The minimum absolute atomic E-state index is 0.00555. The van der Waals surface area contributed by atoms with Gasteiger partial charge < -0.3 is 20.7 Å². The molecule has 3 rings (SSSR count). The molecule has 2 unspecified atom stereocenters. The van der Waals surface area contributed by atoms with Crippen molar-refractivity contribution in [2.24, 2.45) is 17.6 Å². The molecule has 116 valence electrons. The van der Waals surface area contributed by atoms with Crippen molar-refractivity contribution in [1.29, 1.82) is 0 Å². The van der Waals surface area contributed by atoms with Crippen LogP contribution in [0.4, 0.5) is 4.79 Å². The Morgan fingerprint density at radius 2 is 1.90 bits per heavy atom. The molecule has 1 saturated heterocycles. The van der Waals surface area contributed by atoms with Gasteiger partial charge >= 0.3 is 6.09 Å². The molecule has 3 fully saturated rings. The number of alkyl carbamates (subject to hydrolysis) is 1. The molecule has 2 saturated carbocycles. The zero-order valence-electron chi connectivity index (χ0n) is 11.9. The van der Waals surface area contributed by atoms with Crippen LogP contribution in [0.15, 0.2) is 0 Å². The van der Waals surface area contributed by atoms with Crippen molar-refractivity contribution in [2.45, 2.75) is 44.2 Å². The van der Waals surface area contributed by atoms with Gasteiger partial charge in [-0.3, -0.25) is 9.59 Å². The molecular weight excluding hydrogens is 274 g/mol. The number of primary amides is 1. The van der Waals surface area contributed by atoms with Crippen molar-refractivity contribution in [3.8, 4) is 0 Å². The van der Waals surface area contributed by atoms with E-state index in [9.17, 15) is 14.4 Å². The van der Waals surface area contributed by atoms with E-state index in [4.69, 9.17) is 10.5 Å². The summed E-state index contributed by atoms with van der Waals surface area (Å²) in [5, 5.41) is 2.47. The molecule has 3 N–H and O–H groups in total. The fraction of sp³-hybridized carbons (Fsp3) is 0.786. The fourth-order valence-electron chi connectivity index (χ4n) is 3.56. The van der Waals surface area contributed by atoms with Crippen LogP contribution in [0.1, 0.15) is 32.1 Å². The van der Waals surface area contributed by atoms with Crippen LogP contribution < -0.4 is 11.1 Å². The summed E-state index contributed by atoms with van der Waals surface area (Å²) in [4.78, 5) is 36.3. The number of hydrogen-bond donors (Lipinski definition) is 2. The summed E-state index contributed by atoms with van der Waals surface area (Å²) < 4.78 is 5.29. The molecule has 1 aliphatic heterocycles. The molecule has 0 radical (unpaired) electrons. The molecule has 1 heterocycles. The fourth-order valence-corrected chi connectivity index (χ4v) is 3.56. The van der Waals surface area contributed by atoms with Gasteiger partial charge in [0.25, 0.3) is 0 Å². The topological polar surface area (TPSA) is 102 Å². The van der Waals surface area contributed by atoms with Crippen LogP contribution in [-0.2, 0) is 14.3 Å². The smallest absolute Gasteiger partial charge is 0.407 e. The zero-order chi connectivity index (χ0) is 15.0. The second-order valence-electron chi connectivity index (χ2n) is 6.26. The normalized spacial score (nSPS) is 33.4. The highest BCUT2D eigenvalue weighted by Gasteiger charge is 2.47. The van der Waals surface area contributed by atoms with Crippen molar-refractivity contribution < 1.29 is 19.1 Å². The van der Waals surface area contributed by atoms with E-state index in [1.54, 1.807) is 0 Å². The van der Waals surface area contributed by atoms with Crippen molar-refractivity contribution in [3.63, 3.8) is 0 Å². The Bertz CT molecular complexity index is 457. The minimum Gasteiger partial charge on any atom is -0.446 e. The number of nitrogens with one attached hydrogen (secondary N) is 1. The molecule has 0 aromatic heterocycles. The van der Waals surface area contributed by atoms with Gasteiger partial charge in [-0.15, -0.1) is 0 Å². The molecule has 3 amide bonds. The number of nitrogens with zero attached hydrogens (tertiary/aromatic N) is 1. The predicted octanol–water partition coefficient (Wildman–Crippen LogP) is -0.0126. The summed E-state index contributed by atoms with van der Waals surface area (Å²) >= 11 is 0. The second-order valence-corrected chi connectivity index (χ2v) is 6.26. The molecule has 0 bridgehead atoms. The first-order chi connectivity index (χ1) is 10.0. The van der Waals surface area contributed by atoms with Crippen molar-refractivity contribution in [3.05, 3.63) is 0 Å². The molecule has 0 aromatic carbocycles. The molecule has 0 spiro atoms. The lowest BCUT2D eigenvalue weighted by atomic mass is 10.2. The molecule has 21 heavy (non-hydrogen) atoms. The summed E-state index contributed by atoms with van der Waals surface area (Å²) in [6.07, 6.45) is 3.96. The lowest BCUT2D eigenvalue weighted by Gasteiger charge is -2.22. The maximum Gasteiger partial charge on any atom is 0.407 e. The van der Waals surface area contributed by atoms with Crippen LogP contribution in [0.5, 0.6) is 0 Å². The summed E-state index contributed by atoms with van der Waals surface area (Å²) in [6, 6.07) is -0.544. The van der Waals surface area contributed by atoms with Crippen LogP contribution in [0.3, 0.4) is 0 Å². The van der Waals surface area contributed by atoms with Crippen LogP contribution in [-0.4, -0.2) is 48.0 Å². The van der Waals surface area contributed by atoms with Gasteiger partial charge in [0.15, 0.2) is 0 Å². The third kappa shape index (κ3) is 3.11. The van der Waals surface area contributed by atoms with Crippen molar-refractivity contribution >= 4 is 17.9 Å². The number of ether oxygens (including phenoxy) is 1. The Balaban J connectivity index is 1.40. The predicted molar refractivity (Wildman–Crippen MR) is 73.0 cm³/mol. The number of amides is 3. The first kappa shape index (κ1) is 14.2. The lowest BCUT2D eigenvalue weighted by Crippen LogP contribution is -2.47. The van der Waals surface area contributed by atoms with E-state index in [0.29, 0.717) is 13.0 Å². The largest absolute Gasteiger partial charge is 0.446 e.